The number of anilines is 2. The van der Waals surface area contributed by atoms with E-state index in [-0.39, 0.29) is 16.4 Å². The molecule has 0 spiro atoms. The lowest BCUT2D eigenvalue weighted by atomic mass is 10.2. The van der Waals surface area contributed by atoms with Gasteiger partial charge in [0.25, 0.3) is 5.91 Å². The molecule has 8 nitrogen and oxygen atoms in total. The monoisotopic (exact) mass is 295 g/mol. The van der Waals surface area contributed by atoms with Crippen molar-refractivity contribution in [2.75, 3.05) is 11.1 Å². The summed E-state index contributed by atoms with van der Waals surface area (Å²) in [6, 6.07) is 5.80. The van der Waals surface area contributed by atoms with E-state index in [9.17, 15) is 13.2 Å². The predicted molar refractivity (Wildman–Crippen MR) is 73.5 cm³/mol. The van der Waals surface area contributed by atoms with E-state index in [4.69, 9.17) is 10.9 Å². The number of nitrogen functional groups attached to an aromatic ring is 1. The highest BCUT2D eigenvalue weighted by Crippen LogP contribution is 2.22. The number of hydrogen-bond acceptors (Lipinski definition) is 5. The molecule has 1 heterocycles. The zero-order valence-corrected chi connectivity index (χ0v) is 11.4. The van der Waals surface area contributed by atoms with Crippen LogP contribution in [-0.2, 0) is 10.0 Å². The molecule has 0 aliphatic heterocycles. The third-order valence-corrected chi connectivity index (χ3v) is 3.74. The normalized spacial score (nSPS) is 11.3. The summed E-state index contributed by atoms with van der Waals surface area (Å²) in [5.41, 5.74) is 6.27. The highest BCUT2D eigenvalue weighted by atomic mass is 32.2. The summed E-state index contributed by atoms with van der Waals surface area (Å²) in [5, 5.41) is 13.8. The van der Waals surface area contributed by atoms with Crippen LogP contribution in [-0.4, -0.2) is 24.5 Å². The van der Waals surface area contributed by atoms with Crippen molar-refractivity contribution in [1.29, 1.82) is 0 Å². The Morgan fingerprint density at radius 2 is 2.10 bits per heavy atom. The van der Waals surface area contributed by atoms with Crippen molar-refractivity contribution in [3.63, 3.8) is 0 Å². The van der Waals surface area contributed by atoms with Crippen LogP contribution in [0.4, 0.5) is 11.5 Å². The number of carbonyl (C=O) groups is 1. The highest BCUT2D eigenvalue weighted by molar-refractivity contribution is 7.89. The second kappa shape index (κ2) is 4.94. The van der Waals surface area contributed by atoms with E-state index in [1.807, 2.05) is 0 Å². The standard InChI is InChI=1S/C11H13N5O3S/c1-6-7(3-2-4-9(6)20(13,18)19)14-11(17)8-5-10(12)16-15-8/h2-5H,1H3,(H,14,17)(H3,12,15,16)(H2,13,18,19). The SMILES string of the molecule is Cc1c(NC(=O)c2cc(N)n[nH]2)cccc1S(N)(=O)=O. The second-order valence-electron chi connectivity index (χ2n) is 4.13. The third-order valence-electron chi connectivity index (χ3n) is 2.68. The maximum absolute atomic E-state index is 11.9. The number of aromatic amines is 1. The Kier molecular flexibility index (Phi) is 3.47. The van der Waals surface area contributed by atoms with Crippen molar-refractivity contribution >= 4 is 27.4 Å². The topological polar surface area (TPSA) is 144 Å². The molecule has 0 aliphatic rings. The quantitative estimate of drug-likeness (QED) is 0.639. The van der Waals surface area contributed by atoms with Crippen molar-refractivity contribution in [3.05, 3.63) is 35.5 Å². The van der Waals surface area contributed by atoms with E-state index < -0.39 is 15.9 Å². The van der Waals surface area contributed by atoms with E-state index in [2.05, 4.69) is 15.5 Å². The average molecular weight is 295 g/mol. The lowest BCUT2D eigenvalue weighted by Gasteiger charge is -2.10. The number of aromatic nitrogens is 2. The molecule has 0 unspecified atom stereocenters. The number of nitrogens with one attached hydrogen (secondary N) is 2. The molecule has 2 aromatic rings. The molecule has 1 aromatic heterocycles. The van der Waals surface area contributed by atoms with Gasteiger partial charge in [-0.15, -0.1) is 0 Å². The first-order valence-corrected chi connectivity index (χ1v) is 7.08. The van der Waals surface area contributed by atoms with Crippen LogP contribution in [0.3, 0.4) is 0 Å². The summed E-state index contributed by atoms with van der Waals surface area (Å²) in [6.07, 6.45) is 0. The van der Waals surface area contributed by atoms with Gasteiger partial charge >= 0.3 is 0 Å². The van der Waals surface area contributed by atoms with E-state index in [0.717, 1.165) is 0 Å². The molecule has 1 aromatic carbocycles. The van der Waals surface area contributed by atoms with Gasteiger partial charge in [0.05, 0.1) is 4.90 Å². The van der Waals surface area contributed by atoms with Crippen molar-refractivity contribution in [2.24, 2.45) is 5.14 Å². The zero-order chi connectivity index (χ0) is 14.9. The lowest BCUT2D eigenvalue weighted by Crippen LogP contribution is -2.17. The number of amides is 1. The smallest absolute Gasteiger partial charge is 0.273 e. The van der Waals surface area contributed by atoms with Gasteiger partial charge in [0.15, 0.2) is 0 Å². The molecule has 0 radical (unpaired) electrons. The van der Waals surface area contributed by atoms with E-state index in [0.29, 0.717) is 11.3 Å². The van der Waals surface area contributed by atoms with Crippen molar-refractivity contribution in [3.8, 4) is 0 Å². The molecular weight excluding hydrogens is 282 g/mol. The van der Waals surface area contributed by atoms with E-state index >= 15 is 0 Å². The minimum Gasteiger partial charge on any atom is -0.382 e. The molecule has 0 saturated heterocycles. The van der Waals surface area contributed by atoms with Crippen molar-refractivity contribution in [2.45, 2.75) is 11.8 Å². The highest BCUT2D eigenvalue weighted by Gasteiger charge is 2.16. The molecule has 9 heteroatoms. The maximum atomic E-state index is 11.9. The number of carbonyl (C=O) groups excluding carboxylic acids is 1. The fourth-order valence-corrected chi connectivity index (χ4v) is 2.51. The van der Waals surface area contributed by atoms with Gasteiger partial charge in [-0.2, -0.15) is 5.10 Å². The Morgan fingerprint density at radius 1 is 1.40 bits per heavy atom. The lowest BCUT2D eigenvalue weighted by molar-refractivity contribution is 0.102. The van der Waals surface area contributed by atoms with Gasteiger partial charge in [0.1, 0.15) is 11.5 Å². The summed E-state index contributed by atoms with van der Waals surface area (Å²) in [5.74, 6) is -0.297. The minimum atomic E-state index is -3.84. The molecule has 0 fully saturated rings. The van der Waals surface area contributed by atoms with E-state index in [1.165, 1.54) is 18.2 Å². The molecule has 1 amide bonds. The van der Waals surface area contributed by atoms with Crippen LogP contribution in [0.5, 0.6) is 0 Å². The number of rotatable bonds is 3. The number of nitrogens with zero attached hydrogens (tertiary/aromatic N) is 1. The van der Waals surface area contributed by atoms with Gasteiger partial charge in [-0.25, -0.2) is 13.6 Å². The fourth-order valence-electron chi connectivity index (χ4n) is 1.70. The van der Waals surface area contributed by atoms with E-state index in [1.54, 1.807) is 13.0 Å². The molecule has 0 bridgehead atoms. The van der Waals surface area contributed by atoms with Gasteiger partial charge in [0.2, 0.25) is 10.0 Å². The number of sulfonamides is 1. The van der Waals surface area contributed by atoms with Gasteiger partial charge in [-0.05, 0) is 24.6 Å². The fraction of sp³-hybridized carbons (Fsp3) is 0.0909. The molecule has 0 aliphatic carbocycles. The Bertz CT molecular complexity index is 766. The summed E-state index contributed by atoms with van der Waals surface area (Å²) < 4.78 is 22.8. The molecule has 0 atom stereocenters. The molecule has 0 saturated carbocycles. The number of primary sulfonamides is 1. The van der Waals surface area contributed by atoms with Gasteiger partial charge in [0, 0.05) is 11.8 Å². The van der Waals surface area contributed by atoms with Crippen LogP contribution in [0.1, 0.15) is 16.1 Å². The van der Waals surface area contributed by atoms with Gasteiger partial charge in [-0.3, -0.25) is 9.89 Å². The zero-order valence-electron chi connectivity index (χ0n) is 10.5. The second-order valence-corrected chi connectivity index (χ2v) is 5.66. The molecular formula is C11H13N5O3S. The maximum Gasteiger partial charge on any atom is 0.273 e. The van der Waals surface area contributed by atoms with Crippen LogP contribution in [0.25, 0.3) is 0 Å². The summed E-state index contributed by atoms with van der Waals surface area (Å²) >= 11 is 0. The van der Waals surface area contributed by atoms with Crippen LogP contribution in [0.15, 0.2) is 29.2 Å². The predicted octanol–water partition coefficient (Wildman–Crippen LogP) is 0.200. The van der Waals surface area contributed by atoms with Crippen LogP contribution in [0.2, 0.25) is 0 Å². The van der Waals surface area contributed by atoms with Crippen molar-refractivity contribution in [1.82, 2.24) is 10.2 Å². The Balaban J connectivity index is 2.33. The number of benzene rings is 1. The molecule has 6 N–H and O–H groups in total. The summed E-state index contributed by atoms with van der Waals surface area (Å²) in [6.45, 7) is 1.55. The van der Waals surface area contributed by atoms with Crippen LogP contribution >= 0.6 is 0 Å². The molecule has 106 valence electrons. The van der Waals surface area contributed by atoms with Crippen molar-refractivity contribution < 1.29 is 13.2 Å². The first-order valence-electron chi connectivity index (χ1n) is 5.53. The minimum absolute atomic E-state index is 0.0422. The largest absolute Gasteiger partial charge is 0.382 e. The number of nitrogens with two attached hydrogens (primary N) is 2. The average Bonchev–Trinajstić information content (AvgIpc) is 2.77. The van der Waals surface area contributed by atoms with Gasteiger partial charge < -0.3 is 11.1 Å². The Morgan fingerprint density at radius 3 is 2.65 bits per heavy atom. The number of hydrogen-bond donors (Lipinski definition) is 4. The molecule has 2 rings (SSSR count). The Hall–Kier alpha value is -2.39. The summed E-state index contributed by atoms with van der Waals surface area (Å²) in [4.78, 5) is 11.9. The van der Waals surface area contributed by atoms with Crippen LogP contribution in [0, 0.1) is 6.92 Å². The first-order chi connectivity index (χ1) is 9.29. The van der Waals surface area contributed by atoms with Crippen LogP contribution < -0.4 is 16.2 Å². The summed E-state index contributed by atoms with van der Waals surface area (Å²) in [7, 11) is -3.84. The first kappa shape index (κ1) is 14.0. The Labute approximate surface area is 115 Å². The number of H-pyrrole nitrogens is 1. The third kappa shape index (κ3) is 2.78. The molecule has 20 heavy (non-hydrogen) atoms. The van der Waals surface area contributed by atoms with Gasteiger partial charge in [-0.1, -0.05) is 6.07 Å².